The Hall–Kier alpha value is -0.660. The van der Waals surface area contributed by atoms with E-state index in [9.17, 15) is 18.3 Å². The van der Waals surface area contributed by atoms with Crippen LogP contribution in [0.15, 0.2) is 0 Å². The SMILES string of the molecule is NCC1CCC(C(=O)N(CCO)C2CCS(=O)(=O)C2)CC1. The average Bonchev–Trinajstić information content (AvgIpc) is 2.84. The van der Waals surface area contributed by atoms with Crippen molar-refractivity contribution in [2.24, 2.45) is 17.6 Å². The highest BCUT2D eigenvalue weighted by Crippen LogP contribution is 2.31. The molecule has 2 rings (SSSR count). The number of rotatable bonds is 5. The first-order valence-electron chi connectivity index (χ1n) is 7.78. The maximum atomic E-state index is 12.7. The topological polar surface area (TPSA) is 101 Å². The zero-order chi connectivity index (χ0) is 15.5. The van der Waals surface area contributed by atoms with E-state index in [1.54, 1.807) is 4.90 Å². The summed E-state index contributed by atoms with van der Waals surface area (Å²) in [5.41, 5.74) is 5.67. The molecule has 1 saturated carbocycles. The van der Waals surface area contributed by atoms with Crippen molar-refractivity contribution in [2.75, 3.05) is 31.2 Å². The second kappa shape index (κ2) is 7.07. The lowest BCUT2D eigenvalue weighted by molar-refractivity contribution is -0.139. The molecule has 1 aliphatic carbocycles. The number of aliphatic hydroxyl groups is 1. The molecule has 1 amide bonds. The van der Waals surface area contributed by atoms with Gasteiger partial charge in [0.15, 0.2) is 9.84 Å². The van der Waals surface area contributed by atoms with Gasteiger partial charge in [-0.25, -0.2) is 8.42 Å². The summed E-state index contributed by atoms with van der Waals surface area (Å²) in [6, 6.07) is -0.262. The Morgan fingerprint density at radius 3 is 2.33 bits per heavy atom. The molecule has 6 nitrogen and oxygen atoms in total. The monoisotopic (exact) mass is 318 g/mol. The summed E-state index contributed by atoms with van der Waals surface area (Å²) in [6.45, 7) is 0.776. The first-order chi connectivity index (χ1) is 9.96. The van der Waals surface area contributed by atoms with Gasteiger partial charge in [0.1, 0.15) is 0 Å². The Labute approximate surface area is 126 Å². The molecule has 2 aliphatic rings. The zero-order valence-electron chi connectivity index (χ0n) is 12.4. The summed E-state index contributed by atoms with van der Waals surface area (Å²) in [4.78, 5) is 14.3. The molecule has 0 aromatic carbocycles. The number of nitrogens with two attached hydrogens (primary N) is 1. The average molecular weight is 318 g/mol. The summed E-state index contributed by atoms with van der Waals surface area (Å²) in [6.07, 6.45) is 4.06. The van der Waals surface area contributed by atoms with Crippen molar-refractivity contribution in [2.45, 2.75) is 38.1 Å². The lowest BCUT2D eigenvalue weighted by Crippen LogP contribution is -2.46. The predicted molar refractivity (Wildman–Crippen MR) is 80.4 cm³/mol. The third kappa shape index (κ3) is 4.17. The maximum Gasteiger partial charge on any atom is 0.226 e. The molecule has 1 unspecified atom stereocenters. The quantitative estimate of drug-likeness (QED) is 0.728. The molecule has 0 aromatic rings. The fourth-order valence-electron chi connectivity index (χ4n) is 3.48. The van der Waals surface area contributed by atoms with E-state index >= 15 is 0 Å². The highest BCUT2D eigenvalue weighted by molar-refractivity contribution is 7.91. The van der Waals surface area contributed by atoms with Crippen LogP contribution in [-0.2, 0) is 14.6 Å². The molecule has 0 spiro atoms. The normalized spacial score (nSPS) is 32.0. The smallest absolute Gasteiger partial charge is 0.226 e. The number of hydrogen-bond acceptors (Lipinski definition) is 5. The molecule has 1 saturated heterocycles. The van der Waals surface area contributed by atoms with Gasteiger partial charge in [-0.2, -0.15) is 0 Å². The molecular weight excluding hydrogens is 292 g/mol. The Kier molecular flexibility index (Phi) is 5.62. The minimum absolute atomic E-state index is 0.0154. The highest BCUT2D eigenvalue weighted by Gasteiger charge is 2.37. The molecule has 1 aliphatic heterocycles. The van der Waals surface area contributed by atoms with E-state index in [4.69, 9.17) is 5.73 Å². The second-order valence-electron chi connectivity index (χ2n) is 6.27. The standard InChI is InChI=1S/C14H26N2O4S/c15-9-11-1-3-12(4-2-11)14(18)16(6-7-17)13-5-8-21(19,20)10-13/h11-13,17H,1-10,15H2. The van der Waals surface area contributed by atoms with Crippen LogP contribution in [0.25, 0.3) is 0 Å². The van der Waals surface area contributed by atoms with E-state index in [0.717, 1.165) is 25.7 Å². The Balaban J connectivity index is 1.99. The van der Waals surface area contributed by atoms with E-state index in [0.29, 0.717) is 18.9 Å². The molecular formula is C14H26N2O4S. The van der Waals surface area contributed by atoms with Crippen molar-refractivity contribution in [1.82, 2.24) is 4.90 Å². The first-order valence-corrected chi connectivity index (χ1v) is 9.61. The zero-order valence-corrected chi connectivity index (χ0v) is 13.2. The van der Waals surface area contributed by atoms with Crippen LogP contribution in [-0.4, -0.2) is 61.6 Å². The number of hydrogen-bond donors (Lipinski definition) is 2. The van der Waals surface area contributed by atoms with Crippen LogP contribution in [0.5, 0.6) is 0 Å². The fraction of sp³-hybridized carbons (Fsp3) is 0.929. The van der Waals surface area contributed by atoms with Gasteiger partial charge in [-0.3, -0.25) is 4.79 Å². The molecule has 0 radical (unpaired) electrons. The van der Waals surface area contributed by atoms with E-state index in [1.165, 1.54) is 0 Å². The molecule has 1 atom stereocenters. The van der Waals surface area contributed by atoms with Crippen molar-refractivity contribution >= 4 is 15.7 Å². The Morgan fingerprint density at radius 2 is 1.86 bits per heavy atom. The van der Waals surface area contributed by atoms with Gasteiger partial charge < -0.3 is 15.7 Å². The van der Waals surface area contributed by atoms with Crippen molar-refractivity contribution < 1.29 is 18.3 Å². The molecule has 2 fully saturated rings. The summed E-state index contributed by atoms with van der Waals surface area (Å²) in [7, 11) is -3.03. The van der Waals surface area contributed by atoms with E-state index in [1.807, 2.05) is 0 Å². The molecule has 3 N–H and O–H groups in total. The molecule has 7 heteroatoms. The van der Waals surface area contributed by atoms with Gasteiger partial charge in [-0.1, -0.05) is 0 Å². The number of aliphatic hydroxyl groups excluding tert-OH is 1. The van der Waals surface area contributed by atoms with Crippen molar-refractivity contribution in [1.29, 1.82) is 0 Å². The lowest BCUT2D eigenvalue weighted by atomic mass is 9.81. The van der Waals surface area contributed by atoms with Crippen LogP contribution in [0.3, 0.4) is 0 Å². The largest absolute Gasteiger partial charge is 0.395 e. The van der Waals surface area contributed by atoms with Gasteiger partial charge in [-0.15, -0.1) is 0 Å². The molecule has 1 heterocycles. The molecule has 0 aromatic heterocycles. The van der Waals surface area contributed by atoms with Crippen molar-refractivity contribution in [3.63, 3.8) is 0 Å². The maximum absolute atomic E-state index is 12.7. The molecule has 21 heavy (non-hydrogen) atoms. The van der Waals surface area contributed by atoms with Crippen LogP contribution in [0, 0.1) is 11.8 Å². The van der Waals surface area contributed by atoms with Crippen molar-refractivity contribution in [3.8, 4) is 0 Å². The third-order valence-electron chi connectivity index (χ3n) is 4.80. The van der Waals surface area contributed by atoms with E-state index in [-0.39, 0.29) is 42.5 Å². The van der Waals surface area contributed by atoms with Crippen LogP contribution in [0.2, 0.25) is 0 Å². The highest BCUT2D eigenvalue weighted by atomic mass is 32.2. The number of carbonyl (C=O) groups excluding carboxylic acids is 1. The van der Waals surface area contributed by atoms with Gasteiger partial charge >= 0.3 is 0 Å². The van der Waals surface area contributed by atoms with Crippen LogP contribution in [0.1, 0.15) is 32.1 Å². The van der Waals surface area contributed by atoms with E-state index in [2.05, 4.69) is 0 Å². The van der Waals surface area contributed by atoms with Gasteiger partial charge in [0, 0.05) is 18.5 Å². The van der Waals surface area contributed by atoms with Crippen LogP contribution >= 0.6 is 0 Å². The van der Waals surface area contributed by atoms with Gasteiger partial charge in [0.2, 0.25) is 5.91 Å². The van der Waals surface area contributed by atoms with Gasteiger partial charge in [0.25, 0.3) is 0 Å². The summed E-state index contributed by atoms with van der Waals surface area (Å²) >= 11 is 0. The predicted octanol–water partition coefficient (Wildman–Crippen LogP) is -0.240. The summed E-state index contributed by atoms with van der Waals surface area (Å²) in [5, 5.41) is 9.19. The van der Waals surface area contributed by atoms with Gasteiger partial charge in [-0.05, 0) is 44.6 Å². The van der Waals surface area contributed by atoms with Crippen LogP contribution in [0.4, 0.5) is 0 Å². The Morgan fingerprint density at radius 1 is 1.19 bits per heavy atom. The van der Waals surface area contributed by atoms with Crippen molar-refractivity contribution in [3.05, 3.63) is 0 Å². The minimum Gasteiger partial charge on any atom is -0.395 e. The second-order valence-corrected chi connectivity index (χ2v) is 8.49. The lowest BCUT2D eigenvalue weighted by Gasteiger charge is -2.34. The number of nitrogens with zero attached hydrogens (tertiary/aromatic N) is 1. The summed E-state index contributed by atoms with van der Waals surface area (Å²) < 4.78 is 23.2. The fourth-order valence-corrected chi connectivity index (χ4v) is 5.21. The number of amides is 1. The van der Waals surface area contributed by atoms with E-state index < -0.39 is 9.84 Å². The van der Waals surface area contributed by atoms with Crippen LogP contribution < -0.4 is 5.73 Å². The minimum atomic E-state index is -3.03. The number of carbonyl (C=O) groups is 1. The molecule has 0 bridgehead atoms. The molecule has 122 valence electrons. The summed E-state index contributed by atoms with van der Waals surface area (Å²) in [5.74, 6) is 0.667. The third-order valence-corrected chi connectivity index (χ3v) is 6.55. The first kappa shape index (κ1) is 16.7. The Bertz CT molecular complexity index is 458. The van der Waals surface area contributed by atoms with Gasteiger partial charge in [0.05, 0.1) is 18.1 Å². The number of sulfone groups is 1.